The number of hydrogen-bond acceptors (Lipinski definition) is 4. The molecule has 21 heavy (non-hydrogen) atoms. The molecule has 3 N–H and O–H groups in total. The first-order chi connectivity index (χ1) is 10.1. The fourth-order valence-corrected chi connectivity index (χ4v) is 2.19. The summed E-state index contributed by atoms with van der Waals surface area (Å²) in [5.74, 6) is 0.442. The lowest BCUT2D eigenvalue weighted by atomic mass is 10.2. The molecular formula is C15H14BrN3O2. The van der Waals surface area contributed by atoms with Crippen LogP contribution in [0.2, 0.25) is 0 Å². The highest BCUT2D eigenvalue weighted by Crippen LogP contribution is 2.24. The lowest BCUT2D eigenvalue weighted by Gasteiger charge is -2.03. The van der Waals surface area contributed by atoms with E-state index in [1.54, 1.807) is 37.6 Å². The Kier molecular flexibility index (Phi) is 4.94. The van der Waals surface area contributed by atoms with E-state index in [1.165, 1.54) is 0 Å². The third kappa shape index (κ3) is 4.06. The van der Waals surface area contributed by atoms with E-state index in [-0.39, 0.29) is 5.91 Å². The minimum Gasteiger partial charge on any atom is -0.496 e. The van der Waals surface area contributed by atoms with E-state index in [1.807, 2.05) is 18.2 Å². The van der Waals surface area contributed by atoms with E-state index in [0.29, 0.717) is 11.3 Å². The number of ether oxygens (including phenoxy) is 1. The van der Waals surface area contributed by atoms with Crippen LogP contribution in [0.1, 0.15) is 15.9 Å². The molecular weight excluding hydrogens is 334 g/mol. The van der Waals surface area contributed by atoms with Crippen molar-refractivity contribution in [3.8, 4) is 5.75 Å². The molecule has 1 amide bonds. The molecule has 0 atom stereocenters. The van der Waals surface area contributed by atoms with Crippen molar-refractivity contribution in [3.05, 3.63) is 58.1 Å². The van der Waals surface area contributed by atoms with Crippen LogP contribution in [-0.2, 0) is 0 Å². The monoisotopic (exact) mass is 347 g/mol. The van der Waals surface area contributed by atoms with Gasteiger partial charge in [-0.3, -0.25) is 4.79 Å². The second-order valence-corrected chi connectivity index (χ2v) is 5.07. The maximum atomic E-state index is 11.8. The fourth-order valence-electron chi connectivity index (χ4n) is 1.63. The third-order valence-electron chi connectivity index (χ3n) is 2.73. The van der Waals surface area contributed by atoms with Crippen LogP contribution in [0.15, 0.2) is 52.0 Å². The van der Waals surface area contributed by atoms with Gasteiger partial charge in [0.05, 0.1) is 17.8 Å². The van der Waals surface area contributed by atoms with Crippen LogP contribution in [0.5, 0.6) is 5.75 Å². The van der Waals surface area contributed by atoms with Crippen LogP contribution in [0, 0.1) is 0 Å². The highest BCUT2D eigenvalue weighted by Gasteiger charge is 2.03. The molecule has 0 fully saturated rings. The van der Waals surface area contributed by atoms with E-state index in [2.05, 4.69) is 26.5 Å². The molecule has 0 aliphatic rings. The summed E-state index contributed by atoms with van der Waals surface area (Å²) in [5.41, 5.74) is 9.96. The number of nitrogens with one attached hydrogen (secondary N) is 1. The number of nitrogens with zero attached hydrogens (tertiary/aromatic N) is 1. The van der Waals surface area contributed by atoms with Crippen LogP contribution in [0.3, 0.4) is 0 Å². The Balaban J connectivity index is 2.00. The Bertz CT molecular complexity index is 669. The van der Waals surface area contributed by atoms with Crippen molar-refractivity contribution in [2.45, 2.75) is 0 Å². The Morgan fingerprint density at radius 1 is 1.29 bits per heavy atom. The number of benzene rings is 2. The van der Waals surface area contributed by atoms with Crippen molar-refractivity contribution in [1.82, 2.24) is 5.43 Å². The molecule has 0 saturated heterocycles. The van der Waals surface area contributed by atoms with Gasteiger partial charge in [-0.2, -0.15) is 5.10 Å². The molecule has 5 nitrogen and oxygen atoms in total. The van der Waals surface area contributed by atoms with Crippen LogP contribution in [0.25, 0.3) is 0 Å². The Morgan fingerprint density at radius 3 is 2.62 bits per heavy atom. The highest BCUT2D eigenvalue weighted by molar-refractivity contribution is 9.10. The molecule has 0 unspecified atom stereocenters. The van der Waals surface area contributed by atoms with Gasteiger partial charge in [0.15, 0.2) is 0 Å². The number of nitrogen functional groups attached to an aromatic ring is 1. The van der Waals surface area contributed by atoms with Gasteiger partial charge in [-0.1, -0.05) is 0 Å². The van der Waals surface area contributed by atoms with Crippen LogP contribution >= 0.6 is 15.9 Å². The van der Waals surface area contributed by atoms with Gasteiger partial charge in [-0.25, -0.2) is 5.43 Å². The van der Waals surface area contributed by atoms with Gasteiger partial charge in [0.2, 0.25) is 0 Å². The maximum Gasteiger partial charge on any atom is 0.271 e. The predicted octanol–water partition coefficient (Wildman–Crippen LogP) is 2.80. The number of anilines is 1. The molecule has 0 radical (unpaired) electrons. The first-order valence-electron chi connectivity index (χ1n) is 6.12. The Hall–Kier alpha value is -2.34. The molecule has 0 saturated carbocycles. The number of hydrogen-bond donors (Lipinski definition) is 2. The maximum absolute atomic E-state index is 11.8. The number of amides is 1. The molecule has 0 spiro atoms. The number of rotatable bonds is 4. The Labute approximate surface area is 130 Å². The standard InChI is InChI=1S/C15H14BrN3O2/c1-21-14-7-2-10(8-13(14)16)9-18-19-15(20)11-3-5-12(17)6-4-11/h2-9H,17H2,1H3,(H,19,20)/b18-9-. The Morgan fingerprint density at radius 2 is 2.00 bits per heavy atom. The summed E-state index contributed by atoms with van der Waals surface area (Å²) in [6.07, 6.45) is 1.55. The second kappa shape index (κ2) is 6.90. The molecule has 2 aromatic rings. The number of halogens is 1. The quantitative estimate of drug-likeness (QED) is 0.507. The van der Waals surface area contributed by atoms with Crippen molar-refractivity contribution in [1.29, 1.82) is 0 Å². The molecule has 0 aliphatic heterocycles. The summed E-state index contributed by atoms with van der Waals surface area (Å²) in [7, 11) is 1.60. The van der Waals surface area contributed by atoms with Gasteiger partial charge in [0.1, 0.15) is 5.75 Å². The molecule has 0 heterocycles. The average Bonchev–Trinajstić information content (AvgIpc) is 2.48. The van der Waals surface area contributed by atoms with E-state index >= 15 is 0 Å². The molecule has 0 bridgehead atoms. The molecule has 2 aromatic carbocycles. The largest absolute Gasteiger partial charge is 0.496 e. The van der Waals surface area contributed by atoms with E-state index < -0.39 is 0 Å². The van der Waals surface area contributed by atoms with Crippen molar-refractivity contribution in [2.75, 3.05) is 12.8 Å². The number of methoxy groups -OCH3 is 1. The summed E-state index contributed by atoms with van der Waals surface area (Å²) >= 11 is 3.39. The fraction of sp³-hybridized carbons (Fsp3) is 0.0667. The van der Waals surface area contributed by atoms with E-state index in [0.717, 1.165) is 15.8 Å². The van der Waals surface area contributed by atoms with Crippen molar-refractivity contribution in [3.63, 3.8) is 0 Å². The van der Waals surface area contributed by atoms with Crippen LogP contribution < -0.4 is 15.9 Å². The zero-order valence-electron chi connectivity index (χ0n) is 11.3. The summed E-state index contributed by atoms with van der Waals surface area (Å²) in [5, 5.41) is 3.92. The van der Waals surface area contributed by atoms with Gasteiger partial charge in [-0.15, -0.1) is 0 Å². The molecule has 6 heteroatoms. The minimum atomic E-state index is -0.293. The van der Waals surface area contributed by atoms with E-state index in [9.17, 15) is 4.79 Å². The predicted molar refractivity (Wildman–Crippen MR) is 86.6 cm³/mol. The molecule has 0 aromatic heterocycles. The van der Waals surface area contributed by atoms with Gasteiger partial charge in [0, 0.05) is 11.3 Å². The smallest absolute Gasteiger partial charge is 0.271 e. The lowest BCUT2D eigenvalue weighted by Crippen LogP contribution is -2.17. The third-order valence-corrected chi connectivity index (χ3v) is 3.35. The van der Waals surface area contributed by atoms with Crippen LogP contribution in [-0.4, -0.2) is 19.2 Å². The van der Waals surface area contributed by atoms with Crippen molar-refractivity contribution >= 4 is 33.7 Å². The zero-order valence-corrected chi connectivity index (χ0v) is 12.9. The van der Waals surface area contributed by atoms with Crippen LogP contribution in [0.4, 0.5) is 5.69 Å². The average molecular weight is 348 g/mol. The van der Waals surface area contributed by atoms with E-state index in [4.69, 9.17) is 10.5 Å². The van der Waals surface area contributed by atoms with Gasteiger partial charge in [-0.05, 0) is 64.0 Å². The van der Waals surface area contributed by atoms with Crippen molar-refractivity contribution < 1.29 is 9.53 Å². The molecule has 0 aliphatic carbocycles. The number of carbonyl (C=O) groups is 1. The highest BCUT2D eigenvalue weighted by atomic mass is 79.9. The number of nitrogens with two attached hydrogens (primary N) is 1. The normalized spacial score (nSPS) is 10.6. The summed E-state index contributed by atoms with van der Waals surface area (Å²) < 4.78 is 5.96. The number of hydrazone groups is 1. The second-order valence-electron chi connectivity index (χ2n) is 4.22. The summed E-state index contributed by atoms with van der Waals surface area (Å²) in [6.45, 7) is 0. The molecule has 2 rings (SSSR count). The first-order valence-corrected chi connectivity index (χ1v) is 6.92. The van der Waals surface area contributed by atoms with Crippen molar-refractivity contribution in [2.24, 2.45) is 5.10 Å². The molecule has 108 valence electrons. The SMILES string of the molecule is COc1ccc(/C=N\NC(=O)c2ccc(N)cc2)cc1Br. The van der Waals surface area contributed by atoms with Gasteiger partial charge >= 0.3 is 0 Å². The lowest BCUT2D eigenvalue weighted by molar-refractivity contribution is 0.0955. The minimum absolute atomic E-state index is 0.293. The van der Waals surface area contributed by atoms with Gasteiger partial charge < -0.3 is 10.5 Å². The van der Waals surface area contributed by atoms with Gasteiger partial charge in [0.25, 0.3) is 5.91 Å². The first kappa shape index (κ1) is 15.1. The summed E-state index contributed by atoms with van der Waals surface area (Å²) in [6, 6.07) is 12.1. The zero-order chi connectivity index (χ0) is 15.2. The topological polar surface area (TPSA) is 76.7 Å². The number of carbonyl (C=O) groups excluding carboxylic acids is 1. The summed E-state index contributed by atoms with van der Waals surface area (Å²) in [4.78, 5) is 11.8.